The summed E-state index contributed by atoms with van der Waals surface area (Å²) < 4.78 is 1.36. The molecule has 1 aliphatic heterocycles. The van der Waals surface area contributed by atoms with E-state index in [2.05, 4.69) is 4.94 Å². The quantitative estimate of drug-likeness (QED) is 0.719. The molecule has 2 heterocycles. The van der Waals surface area contributed by atoms with E-state index in [1.54, 1.807) is 13.8 Å². The summed E-state index contributed by atoms with van der Waals surface area (Å²) in [6.07, 6.45) is 0. The van der Waals surface area contributed by atoms with Crippen molar-refractivity contribution in [2.24, 2.45) is 10.8 Å². The Morgan fingerprint density at radius 2 is 1.83 bits per heavy atom. The molecule has 0 spiro atoms. The minimum atomic E-state index is -1.17. The Morgan fingerprint density at radius 3 is 2.39 bits per heavy atom. The van der Waals surface area contributed by atoms with Gasteiger partial charge in [-0.15, -0.1) is 0 Å². The first-order chi connectivity index (χ1) is 8.35. The molecule has 3 rings (SSSR count). The van der Waals surface area contributed by atoms with E-state index < -0.39 is 22.8 Å². The van der Waals surface area contributed by atoms with Crippen LogP contribution < -0.4 is 3.34 Å². The normalized spacial score (nSPS) is 40.8. The van der Waals surface area contributed by atoms with Crippen LogP contribution in [0.1, 0.15) is 25.3 Å². The first-order valence-electron chi connectivity index (χ1n) is 5.56. The Labute approximate surface area is 116 Å². The summed E-state index contributed by atoms with van der Waals surface area (Å²) >= 11 is 0.469. The Balaban J connectivity index is 2.16. The number of carbonyl (C=O) groups is 2. The van der Waals surface area contributed by atoms with Crippen molar-refractivity contribution in [3.05, 3.63) is 16.6 Å². The van der Waals surface area contributed by atoms with Crippen LogP contribution in [0.25, 0.3) is 0 Å². The first kappa shape index (κ1) is 12.5. The van der Waals surface area contributed by atoms with Gasteiger partial charge in [-0.25, -0.2) is 0 Å². The van der Waals surface area contributed by atoms with Gasteiger partial charge < -0.3 is 0 Å². The van der Waals surface area contributed by atoms with Crippen molar-refractivity contribution in [1.82, 2.24) is 0 Å². The minimum absolute atomic E-state index is 0.0143. The van der Waals surface area contributed by atoms with Gasteiger partial charge in [-0.3, -0.25) is 0 Å². The summed E-state index contributed by atoms with van der Waals surface area (Å²) in [5.41, 5.74) is -1.16. The standard InChI is InChI=1S/C12H12O4Se2/c1-11(9(13)14)6-5-3-4-17-8(5)18-7(6)12(11,2)10(15)16/h3-4,6-7H,1-2H3,(H,13,14)(H,15,16). The Kier molecular flexibility index (Phi) is 2.44. The van der Waals surface area contributed by atoms with Crippen LogP contribution in [0.15, 0.2) is 11.0 Å². The molecule has 0 radical (unpaired) electrons. The van der Waals surface area contributed by atoms with Gasteiger partial charge in [0.15, 0.2) is 0 Å². The molecule has 1 aromatic rings. The molecule has 2 aliphatic rings. The second kappa shape index (κ2) is 3.51. The number of hydrogen-bond donors (Lipinski definition) is 2. The Hall–Kier alpha value is -0.541. The van der Waals surface area contributed by atoms with Gasteiger partial charge in [-0.1, -0.05) is 0 Å². The number of hydrogen-bond acceptors (Lipinski definition) is 2. The third-order valence-electron chi connectivity index (χ3n) is 4.69. The Bertz CT molecular complexity index is 566. The van der Waals surface area contributed by atoms with E-state index in [1.807, 2.05) is 6.07 Å². The van der Waals surface area contributed by atoms with E-state index in [0.29, 0.717) is 14.5 Å². The fourth-order valence-electron chi connectivity index (χ4n) is 3.26. The fraction of sp³-hybridized carbons (Fsp3) is 0.500. The van der Waals surface area contributed by atoms with Gasteiger partial charge in [0.25, 0.3) is 0 Å². The third-order valence-corrected chi connectivity index (χ3v) is 11.3. The number of carboxylic acids is 2. The van der Waals surface area contributed by atoms with Crippen molar-refractivity contribution in [2.75, 3.05) is 0 Å². The summed E-state index contributed by atoms with van der Waals surface area (Å²) in [7, 11) is 0. The number of carboxylic acid groups (broad SMARTS) is 2. The molecule has 0 aromatic carbocycles. The van der Waals surface area contributed by atoms with Crippen molar-refractivity contribution in [1.29, 1.82) is 0 Å². The van der Waals surface area contributed by atoms with Crippen LogP contribution in [-0.2, 0) is 9.59 Å². The maximum atomic E-state index is 11.7. The summed E-state index contributed by atoms with van der Waals surface area (Å²) in [4.78, 5) is 25.4. The second-order valence-corrected chi connectivity index (χ2v) is 10.8. The van der Waals surface area contributed by atoms with Crippen LogP contribution in [0.5, 0.6) is 0 Å². The Morgan fingerprint density at radius 1 is 1.22 bits per heavy atom. The number of fused-ring (bicyclic) bond motifs is 3. The van der Waals surface area contributed by atoms with E-state index in [-0.39, 0.29) is 25.7 Å². The molecule has 2 N–H and O–H groups in total. The van der Waals surface area contributed by atoms with Gasteiger partial charge in [-0.05, 0) is 0 Å². The SMILES string of the molecule is CC1(C(=O)O)C2[Se]c3[se]ccc3C2C1(C)C(=O)O. The first-order valence-corrected chi connectivity index (χ1v) is 9.25. The van der Waals surface area contributed by atoms with E-state index in [1.165, 1.54) is 3.34 Å². The van der Waals surface area contributed by atoms with Crippen LogP contribution in [0.4, 0.5) is 0 Å². The number of rotatable bonds is 2. The van der Waals surface area contributed by atoms with Crippen molar-refractivity contribution < 1.29 is 19.8 Å². The summed E-state index contributed by atoms with van der Waals surface area (Å²) in [5.74, 6) is -2.04. The van der Waals surface area contributed by atoms with Gasteiger partial charge >= 0.3 is 117 Å². The molecule has 96 valence electrons. The van der Waals surface area contributed by atoms with Crippen LogP contribution >= 0.6 is 0 Å². The van der Waals surface area contributed by atoms with Crippen molar-refractivity contribution in [2.45, 2.75) is 24.6 Å². The molecule has 1 saturated carbocycles. The van der Waals surface area contributed by atoms with Crippen LogP contribution in [-0.4, -0.2) is 51.6 Å². The average Bonchev–Trinajstić information content (AvgIpc) is 2.84. The summed E-state index contributed by atoms with van der Waals surface area (Å²) in [6.45, 7) is 3.22. The second-order valence-electron chi connectivity index (χ2n) is 5.19. The van der Waals surface area contributed by atoms with Gasteiger partial charge in [0.2, 0.25) is 0 Å². The number of aliphatic carboxylic acids is 2. The van der Waals surface area contributed by atoms with Crippen molar-refractivity contribution >= 4 is 44.7 Å². The molecule has 0 amide bonds. The summed E-state index contributed by atoms with van der Waals surface area (Å²) in [5, 5.41) is 19.0. The maximum absolute atomic E-state index is 11.7. The molecular formula is C12H12O4Se2. The average molecular weight is 378 g/mol. The predicted molar refractivity (Wildman–Crippen MR) is 66.7 cm³/mol. The topological polar surface area (TPSA) is 74.6 Å². The molecule has 1 aromatic heterocycles. The molecule has 4 unspecified atom stereocenters. The van der Waals surface area contributed by atoms with Gasteiger partial charge in [0.05, 0.1) is 0 Å². The monoisotopic (exact) mass is 380 g/mol. The summed E-state index contributed by atoms with van der Waals surface area (Å²) in [6, 6.07) is 2.03. The van der Waals surface area contributed by atoms with Crippen LogP contribution in [0.2, 0.25) is 4.82 Å². The molecule has 1 aliphatic carbocycles. The molecular weight excluding hydrogens is 366 g/mol. The molecule has 0 saturated heterocycles. The van der Waals surface area contributed by atoms with E-state index in [9.17, 15) is 19.8 Å². The molecule has 6 heteroatoms. The van der Waals surface area contributed by atoms with E-state index >= 15 is 0 Å². The molecule has 1 fully saturated rings. The third kappa shape index (κ3) is 1.09. The van der Waals surface area contributed by atoms with Gasteiger partial charge in [0.1, 0.15) is 0 Å². The molecule has 0 bridgehead atoms. The van der Waals surface area contributed by atoms with Crippen LogP contribution in [0, 0.1) is 10.8 Å². The zero-order valence-electron chi connectivity index (χ0n) is 9.84. The predicted octanol–water partition coefficient (Wildman–Crippen LogP) is 0.154. The van der Waals surface area contributed by atoms with Crippen molar-refractivity contribution in [3.63, 3.8) is 0 Å². The van der Waals surface area contributed by atoms with Crippen LogP contribution in [0.3, 0.4) is 0 Å². The molecule has 4 nitrogen and oxygen atoms in total. The van der Waals surface area contributed by atoms with E-state index in [0.717, 1.165) is 5.56 Å². The zero-order valence-corrected chi connectivity index (χ0v) is 13.3. The molecule has 18 heavy (non-hydrogen) atoms. The van der Waals surface area contributed by atoms with Gasteiger partial charge in [-0.2, -0.15) is 0 Å². The van der Waals surface area contributed by atoms with E-state index in [4.69, 9.17) is 0 Å². The fourth-order valence-corrected chi connectivity index (χ4v) is 10.7. The molecule has 4 atom stereocenters. The van der Waals surface area contributed by atoms with Crippen molar-refractivity contribution in [3.8, 4) is 0 Å². The zero-order chi connectivity index (χ0) is 13.3. The van der Waals surface area contributed by atoms with Gasteiger partial charge in [0, 0.05) is 0 Å².